The lowest BCUT2D eigenvalue weighted by atomic mass is 10.1. The first-order valence-corrected chi connectivity index (χ1v) is 15.1. The van der Waals surface area contributed by atoms with Crippen molar-refractivity contribution in [3.63, 3.8) is 0 Å². The Hall–Kier alpha value is -5.62. The van der Waals surface area contributed by atoms with E-state index in [0.717, 1.165) is 43.8 Å². The minimum Gasteiger partial charge on any atom is -0.455 e. The lowest BCUT2D eigenvalue weighted by molar-refractivity contribution is 0.0225. The first kappa shape index (κ1) is 30.4. The molecule has 46 heavy (non-hydrogen) atoms. The predicted molar refractivity (Wildman–Crippen MR) is 180 cm³/mol. The number of carbonyl (C=O) groups excluding carboxylic acids is 2. The third kappa shape index (κ3) is 6.57. The largest absolute Gasteiger partial charge is 0.455 e. The highest BCUT2D eigenvalue weighted by Gasteiger charge is 2.15. The fourth-order valence-corrected chi connectivity index (χ4v) is 5.24. The molecule has 0 aliphatic carbocycles. The van der Waals surface area contributed by atoms with E-state index in [-0.39, 0.29) is 0 Å². The van der Waals surface area contributed by atoms with Gasteiger partial charge in [-0.3, -0.25) is 0 Å². The van der Waals surface area contributed by atoms with Crippen LogP contribution in [-0.4, -0.2) is 18.2 Å². The van der Waals surface area contributed by atoms with Crippen LogP contribution in [0.1, 0.15) is 49.9 Å². The minimum atomic E-state index is -0.575. The van der Waals surface area contributed by atoms with Gasteiger partial charge in [-0.05, 0) is 132 Å². The second kappa shape index (κ2) is 12.8. The monoisotopic (exact) mass is 610 g/mol. The average Bonchev–Trinajstić information content (AvgIpc) is 3.04. The SMILES string of the molecule is Cc1cccc(OC(=O)c2ccc3cc(OC(C)Oc4ccc5cc(C(=O)Oc6cccc(C)c6C)ccc5c4)ccc3c2)c1C. The maximum absolute atomic E-state index is 12.8. The molecule has 230 valence electrons. The molecule has 6 nitrogen and oxygen atoms in total. The summed E-state index contributed by atoms with van der Waals surface area (Å²) in [6, 6.07) is 33.6. The molecule has 0 aliphatic rings. The fraction of sp³-hybridized carbons (Fsp3) is 0.150. The van der Waals surface area contributed by atoms with Crippen LogP contribution in [0.3, 0.4) is 0 Å². The zero-order valence-corrected chi connectivity index (χ0v) is 26.4. The summed E-state index contributed by atoms with van der Waals surface area (Å²) in [4.78, 5) is 25.7. The lowest BCUT2D eigenvalue weighted by Gasteiger charge is -2.17. The van der Waals surface area contributed by atoms with Gasteiger partial charge in [0.2, 0.25) is 6.29 Å². The number of fused-ring (bicyclic) bond motifs is 2. The number of hydrogen-bond acceptors (Lipinski definition) is 6. The summed E-state index contributed by atoms with van der Waals surface area (Å²) in [6.45, 7) is 9.68. The molecule has 0 bridgehead atoms. The van der Waals surface area contributed by atoms with Gasteiger partial charge >= 0.3 is 11.9 Å². The van der Waals surface area contributed by atoms with Gasteiger partial charge in [0, 0.05) is 6.92 Å². The molecular formula is C40H34O6. The van der Waals surface area contributed by atoms with Gasteiger partial charge < -0.3 is 18.9 Å². The van der Waals surface area contributed by atoms with Crippen molar-refractivity contribution in [2.75, 3.05) is 0 Å². The summed E-state index contributed by atoms with van der Waals surface area (Å²) in [5.41, 5.74) is 4.97. The molecule has 0 radical (unpaired) electrons. The fourth-order valence-electron chi connectivity index (χ4n) is 5.24. The van der Waals surface area contributed by atoms with Gasteiger partial charge in [-0.2, -0.15) is 0 Å². The topological polar surface area (TPSA) is 71.1 Å². The van der Waals surface area contributed by atoms with Crippen LogP contribution in [0.25, 0.3) is 21.5 Å². The van der Waals surface area contributed by atoms with Crippen LogP contribution in [0.5, 0.6) is 23.0 Å². The molecule has 6 aromatic rings. The van der Waals surface area contributed by atoms with Crippen LogP contribution in [0.4, 0.5) is 0 Å². The second-order valence-corrected chi connectivity index (χ2v) is 11.4. The molecule has 0 aromatic heterocycles. The van der Waals surface area contributed by atoms with Crippen molar-refractivity contribution in [3.05, 3.63) is 143 Å². The van der Waals surface area contributed by atoms with E-state index in [0.29, 0.717) is 34.1 Å². The summed E-state index contributed by atoms with van der Waals surface area (Å²) >= 11 is 0. The second-order valence-electron chi connectivity index (χ2n) is 11.4. The Bertz CT molecular complexity index is 1960. The van der Waals surface area contributed by atoms with Gasteiger partial charge in [-0.25, -0.2) is 9.59 Å². The Morgan fingerprint density at radius 1 is 0.500 bits per heavy atom. The Kier molecular flexibility index (Phi) is 8.45. The van der Waals surface area contributed by atoms with Crippen molar-refractivity contribution in [1.29, 1.82) is 0 Å². The number of hydrogen-bond donors (Lipinski definition) is 0. The van der Waals surface area contributed by atoms with Crippen molar-refractivity contribution in [1.82, 2.24) is 0 Å². The lowest BCUT2D eigenvalue weighted by Crippen LogP contribution is -2.19. The van der Waals surface area contributed by atoms with E-state index in [2.05, 4.69) is 0 Å². The maximum Gasteiger partial charge on any atom is 0.343 e. The summed E-state index contributed by atoms with van der Waals surface area (Å²) in [5.74, 6) is 1.60. The molecule has 6 rings (SSSR count). The van der Waals surface area contributed by atoms with E-state index in [9.17, 15) is 9.59 Å². The van der Waals surface area contributed by atoms with Crippen LogP contribution in [0, 0.1) is 27.7 Å². The average molecular weight is 611 g/mol. The molecule has 0 atom stereocenters. The van der Waals surface area contributed by atoms with E-state index >= 15 is 0 Å². The molecular weight excluding hydrogens is 576 g/mol. The van der Waals surface area contributed by atoms with Crippen molar-refractivity contribution in [2.24, 2.45) is 0 Å². The first-order chi connectivity index (χ1) is 22.1. The molecule has 6 aromatic carbocycles. The van der Waals surface area contributed by atoms with Crippen molar-refractivity contribution >= 4 is 33.5 Å². The van der Waals surface area contributed by atoms with Gasteiger partial charge in [-0.1, -0.05) is 48.5 Å². The van der Waals surface area contributed by atoms with Gasteiger partial charge in [0.15, 0.2) is 0 Å². The maximum atomic E-state index is 12.8. The van der Waals surface area contributed by atoms with E-state index in [4.69, 9.17) is 18.9 Å². The minimum absolute atomic E-state index is 0.401. The Balaban J connectivity index is 1.09. The molecule has 0 spiro atoms. The van der Waals surface area contributed by atoms with E-state index < -0.39 is 18.2 Å². The van der Waals surface area contributed by atoms with Crippen LogP contribution in [0.2, 0.25) is 0 Å². The van der Waals surface area contributed by atoms with Gasteiger partial charge in [0.05, 0.1) is 11.1 Å². The van der Waals surface area contributed by atoms with Gasteiger partial charge in [-0.15, -0.1) is 0 Å². The number of carbonyl (C=O) groups is 2. The number of rotatable bonds is 8. The number of ether oxygens (including phenoxy) is 4. The molecule has 0 amide bonds. The number of esters is 2. The molecule has 6 heteroatoms. The van der Waals surface area contributed by atoms with E-state index in [1.54, 1.807) is 24.3 Å². The standard InChI is InChI=1S/C40H34O6/c1-24-8-6-10-37(26(24)3)45-39(41)33-14-12-31-22-35(18-16-29(31)20-33)43-28(5)44-36-19-17-30-21-34(15-13-32(30)23-36)40(42)46-38-11-7-9-25(2)27(38)4/h6-23,28H,1-5H3. The summed E-state index contributed by atoms with van der Waals surface area (Å²) in [6.07, 6.45) is -0.575. The number of aryl methyl sites for hydroxylation is 2. The van der Waals surface area contributed by atoms with E-state index in [1.165, 1.54) is 0 Å². The van der Waals surface area contributed by atoms with Crippen LogP contribution in [-0.2, 0) is 0 Å². The summed E-state index contributed by atoms with van der Waals surface area (Å²) < 4.78 is 23.5. The number of benzene rings is 6. The third-order valence-electron chi connectivity index (χ3n) is 8.21. The Morgan fingerprint density at radius 2 is 0.891 bits per heavy atom. The zero-order chi connectivity index (χ0) is 32.4. The molecule has 0 saturated carbocycles. The van der Waals surface area contributed by atoms with Crippen molar-refractivity contribution in [2.45, 2.75) is 40.9 Å². The Morgan fingerprint density at radius 3 is 1.33 bits per heavy atom. The predicted octanol–water partition coefficient (Wildman–Crippen LogP) is 9.47. The van der Waals surface area contributed by atoms with Gasteiger partial charge in [0.1, 0.15) is 23.0 Å². The van der Waals surface area contributed by atoms with Crippen LogP contribution >= 0.6 is 0 Å². The quantitative estimate of drug-likeness (QED) is 0.0971. The highest BCUT2D eigenvalue weighted by atomic mass is 16.7. The molecule has 0 heterocycles. The normalized spacial score (nSPS) is 11.1. The molecule has 0 unspecified atom stereocenters. The van der Waals surface area contributed by atoms with Crippen molar-refractivity contribution in [3.8, 4) is 23.0 Å². The molecule has 0 N–H and O–H groups in total. The zero-order valence-electron chi connectivity index (χ0n) is 26.4. The van der Waals surface area contributed by atoms with Crippen molar-refractivity contribution < 1.29 is 28.5 Å². The Labute approximate surface area is 268 Å². The third-order valence-corrected chi connectivity index (χ3v) is 8.21. The van der Waals surface area contributed by atoms with E-state index in [1.807, 2.05) is 120 Å². The summed E-state index contributed by atoms with van der Waals surface area (Å²) in [7, 11) is 0. The summed E-state index contributed by atoms with van der Waals surface area (Å²) in [5, 5.41) is 3.63. The first-order valence-electron chi connectivity index (χ1n) is 15.1. The smallest absolute Gasteiger partial charge is 0.343 e. The van der Waals surface area contributed by atoms with Crippen LogP contribution < -0.4 is 18.9 Å². The highest BCUT2D eigenvalue weighted by molar-refractivity contribution is 5.97. The highest BCUT2D eigenvalue weighted by Crippen LogP contribution is 2.28. The molecule has 0 aliphatic heterocycles. The molecule has 0 saturated heterocycles. The molecule has 0 fully saturated rings. The van der Waals surface area contributed by atoms with Crippen LogP contribution in [0.15, 0.2) is 109 Å². The van der Waals surface area contributed by atoms with Gasteiger partial charge in [0.25, 0.3) is 0 Å².